The van der Waals surface area contributed by atoms with Gasteiger partial charge in [-0.25, -0.2) is 0 Å². The zero-order valence-corrected chi connectivity index (χ0v) is 14.8. The van der Waals surface area contributed by atoms with Gasteiger partial charge in [-0.2, -0.15) is 18.4 Å². The molecule has 0 saturated carbocycles. The third kappa shape index (κ3) is 3.59. The van der Waals surface area contributed by atoms with Crippen LogP contribution >= 0.6 is 0 Å². The molecule has 1 heterocycles. The van der Waals surface area contributed by atoms with Crippen LogP contribution in [0.1, 0.15) is 41.6 Å². The summed E-state index contributed by atoms with van der Waals surface area (Å²) in [5, 5.41) is 8.91. The van der Waals surface area contributed by atoms with Gasteiger partial charge in [0.15, 0.2) is 0 Å². The lowest BCUT2D eigenvalue weighted by Crippen LogP contribution is -2.36. The summed E-state index contributed by atoms with van der Waals surface area (Å²) in [4.78, 5) is 14.5. The first kappa shape index (κ1) is 18.7. The Hall–Kier alpha value is -3.07. The minimum absolute atomic E-state index is 0.222. The van der Waals surface area contributed by atoms with Crippen LogP contribution in [0.25, 0.3) is 5.57 Å². The Morgan fingerprint density at radius 1 is 1.15 bits per heavy atom. The number of benzene rings is 2. The molecule has 1 aliphatic heterocycles. The lowest BCUT2D eigenvalue weighted by molar-refractivity contribution is -0.137. The number of rotatable bonds is 2. The molecule has 1 atom stereocenters. The van der Waals surface area contributed by atoms with Crippen LogP contribution in [0.4, 0.5) is 13.2 Å². The third-order valence-corrected chi connectivity index (χ3v) is 4.83. The first-order valence-electron chi connectivity index (χ1n) is 8.37. The summed E-state index contributed by atoms with van der Waals surface area (Å²) < 4.78 is 39.1. The summed E-state index contributed by atoms with van der Waals surface area (Å²) in [7, 11) is 1.64. The van der Waals surface area contributed by atoms with Crippen LogP contribution in [0.2, 0.25) is 0 Å². The van der Waals surface area contributed by atoms with Crippen molar-refractivity contribution in [1.82, 2.24) is 4.90 Å². The maximum atomic E-state index is 13.0. The summed E-state index contributed by atoms with van der Waals surface area (Å²) in [5.74, 6) is -0.313. The fourth-order valence-corrected chi connectivity index (χ4v) is 3.37. The molecule has 0 saturated heterocycles. The molecule has 0 radical (unpaired) electrons. The maximum Gasteiger partial charge on any atom is 0.416 e. The molecule has 1 aliphatic rings. The maximum absolute atomic E-state index is 13.0. The molecule has 2 aromatic carbocycles. The predicted molar refractivity (Wildman–Crippen MR) is 95.3 cm³/mol. The van der Waals surface area contributed by atoms with E-state index in [0.717, 1.165) is 23.3 Å². The van der Waals surface area contributed by atoms with Crippen molar-refractivity contribution in [2.24, 2.45) is 0 Å². The highest BCUT2D eigenvalue weighted by molar-refractivity contribution is 6.21. The Kier molecular flexibility index (Phi) is 4.79. The largest absolute Gasteiger partial charge is 0.416 e. The number of nitrogens with zero attached hydrogens (tertiary/aromatic N) is 2. The molecule has 0 aliphatic carbocycles. The topological polar surface area (TPSA) is 44.1 Å². The fourth-order valence-electron chi connectivity index (χ4n) is 3.37. The number of carbonyl (C=O) groups is 1. The molecule has 27 heavy (non-hydrogen) atoms. The van der Waals surface area contributed by atoms with E-state index in [4.69, 9.17) is 5.26 Å². The molecule has 0 spiro atoms. The van der Waals surface area contributed by atoms with Crippen LogP contribution in [0.5, 0.6) is 0 Å². The van der Waals surface area contributed by atoms with Gasteiger partial charge in [0.05, 0.1) is 23.2 Å². The average Bonchev–Trinajstić information content (AvgIpc) is 2.64. The molecule has 0 aromatic heterocycles. The van der Waals surface area contributed by atoms with E-state index in [9.17, 15) is 18.0 Å². The van der Waals surface area contributed by atoms with Gasteiger partial charge in [0.1, 0.15) is 0 Å². The third-order valence-electron chi connectivity index (χ3n) is 4.83. The standard InChI is InChI=1S/C21H17F3N2O/c1-13-10-18(15-8-6-14(12-25)7-9-15)26(2)20(27)19(13)16-4-3-5-17(11-16)21(22,23)24/h3-9,11,18H,10H2,1-2H3/t18-/m0/s1. The van der Waals surface area contributed by atoms with Gasteiger partial charge in [-0.05, 0) is 48.7 Å². The summed E-state index contributed by atoms with van der Waals surface area (Å²) in [5.41, 5.74) is 1.97. The van der Waals surface area contributed by atoms with Gasteiger partial charge in [0, 0.05) is 12.6 Å². The molecule has 3 nitrogen and oxygen atoms in total. The monoisotopic (exact) mass is 370 g/mol. The molecular formula is C21H17F3N2O. The number of amides is 1. The zero-order chi connectivity index (χ0) is 19.8. The van der Waals surface area contributed by atoms with Crippen LogP contribution in [-0.4, -0.2) is 17.9 Å². The molecular weight excluding hydrogens is 353 g/mol. The molecule has 0 fully saturated rings. The van der Waals surface area contributed by atoms with Crippen molar-refractivity contribution in [2.45, 2.75) is 25.6 Å². The summed E-state index contributed by atoms with van der Waals surface area (Å²) in [6, 6.07) is 13.7. The highest BCUT2D eigenvalue weighted by atomic mass is 19.4. The molecule has 138 valence electrons. The van der Waals surface area contributed by atoms with E-state index in [1.54, 1.807) is 43.1 Å². The van der Waals surface area contributed by atoms with Gasteiger partial charge < -0.3 is 4.90 Å². The summed E-state index contributed by atoms with van der Waals surface area (Å²) in [6.45, 7) is 1.77. The van der Waals surface area contributed by atoms with Crippen molar-refractivity contribution in [3.05, 3.63) is 76.4 Å². The van der Waals surface area contributed by atoms with E-state index in [2.05, 4.69) is 6.07 Å². The summed E-state index contributed by atoms with van der Waals surface area (Å²) >= 11 is 0. The first-order chi connectivity index (χ1) is 12.7. The molecule has 3 rings (SSSR count). The number of nitriles is 1. The number of carbonyl (C=O) groups excluding carboxylic acids is 1. The van der Waals surface area contributed by atoms with Crippen molar-refractivity contribution < 1.29 is 18.0 Å². The zero-order valence-electron chi connectivity index (χ0n) is 14.8. The Morgan fingerprint density at radius 2 is 1.81 bits per heavy atom. The second kappa shape index (κ2) is 6.92. The number of hydrogen-bond donors (Lipinski definition) is 0. The van der Waals surface area contributed by atoms with E-state index >= 15 is 0 Å². The number of alkyl halides is 3. The second-order valence-electron chi connectivity index (χ2n) is 6.60. The molecule has 0 bridgehead atoms. The van der Waals surface area contributed by atoms with Crippen LogP contribution in [0, 0.1) is 11.3 Å². The minimum atomic E-state index is -4.46. The van der Waals surface area contributed by atoms with Crippen LogP contribution in [0.15, 0.2) is 54.1 Å². The van der Waals surface area contributed by atoms with E-state index < -0.39 is 11.7 Å². The molecule has 6 heteroatoms. The van der Waals surface area contributed by atoms with Gasteiger partial charge in [-0.1, -0.05) is 29.8 Å². The number of halogens is 3. The van der Waals surface area contributed by atoms with Crippen molar-refractivity contribution in [2.75, 3.05) is 7.05 Å². The molecule has 1 amide bonds. The fraction of sp³-hybridized carbons (Fsp3) is 0.238. The number of likely N-dealkylation sites (N-methyl/N-ethyl adjacent to an activating group) is 1. The van der Waals surface area contributed by atoms with Crippen molar-refractivity contribution >= 4 is 11.5 Å². The molecule has 0 N–H and O–H groups in total. The highest BCUT2D eigenvalue weighted by Gasteiger charge is 2.34. The lowest BCUT2D eigenvalue weighted by atomic mass is 9.87. The average molecular weight is 370 g/mol. The van der Waals surface area contributed by atoms with Gasteiger partial charge in [-0.3, -0.25) is 4.79 Å². The van der Waals surface area contributed by atoms with Crippen LogP contribution in [0.3, 0.4) is 0 Å². The predicted octanol–water partition coefficient (Wildman–Crippen LogP) is 4.95. The Labute approximate surface area is 155 Å². The van der Waals surface area contributed by atoms with Gasteiger partial charge in [0.2, 0.25) is 0 Å². The highest BCUT2D eigenvalue weighted by Crippen LogP contribution is 2.39. The SMILES string of the molecule is CC1=C(c2cccc(C(F)(F)F)c2)C(=O)N(C)[C@H](c2ccc(C#N)cc2)C1. The Bertz CT molecular complexity index is 953. The van der Waals surface area contributed by atoms with E-state index in [0.29, 0.717) is 17.6 Å². The van der Waals surface area contributed by atoms with Gasteiger partial charge in [0.25, 0.3) is 5.91 Å². The van der Waals surface area contributed by atoms with Crippen molar-refractivity contribution in [3.63, 3.8) is 0 Å². The first-order valence-corrected chi connectivity index (χ1v) is 8.37. The lowest BCUT2D eigenvalue weighted by Gasteiger charge is -2.35. The Morgan fingerprint density at radius 3 is 2.41 bits per heavy atom. The molecule has 2 aromatic rings. The van der Waals surface area contributed by atoms with E-state index in [-0.39, 0.29) is 17.5 Å². The van der Waals surface area contributed by atoms with E-state index in [1.807, 2.05) is 0 Å². The van der Waals surface area contributed by atoms with Crippen LogP contribution < -0.4 is 0 Å². The summed E-state index contributed by atoms with van der Waals surface area (Å²) in [6.07, 6.45) is -3.95. The van der Waals surface area contributed by atoms with Crippen LogP contribution in [-0.2, 0) is 11.0 Å². The Balaban J connectivity index is 1.99. The quantitative estimate of drug-likeness (QED) is 0.750. The normalized spacial score (nSPS) is 17.9. The van der Waals surface area contributed by atoms with E-state index in [1.165, 1.54) is 12.1 Å². The smallest absolute Gasteiger partial charge is 0.334 e. The molecule has 0 unspecified atom stereocenters. The van der Waals surface area contributed by atoms with Gasteiger partial charge >= 0.3 is 6.18 Å². The number of hydrogen-bond acceptors (Lipinski definition) is 2. The minimum Gasteiger partial charge on any atom is -0.334 e. The van der Waals surface area contributed by atoms with Crippen molar-refractivity contribution in [1.29, 1.82) is 5.26 Å². The second-order valence-corrected chi connectivity index (χ2v) is 6.60. The van der Waals surface area contributed by atoms with Gasteiger partial charge in [-0.15, -0.1) is 0 Å². The van der Waals surface area contributed by atoms with Crippen molar-refractivity contribution in [3.8, 4) is 6.07 Å².